The lowest BCUT2D eigenvalue weighted by molar-refractivity contribution is -0.385. The maximum Gasteiger partial charge on any atom is 0.280 e. The number of fused-ring (bicyclic) bond motifs is 2. The van der Waals surface area contributed by atoms with Gasteiger partial charge in [0.2, 0.25) is 5.72 Å². The van der Waals surface area contributed by atoms with Crippen LogP contribution in [0.3, 0.4) is 0 Å². The molecule has 0 bridgehead atoms. The van der Waals surface area contributed by atoms with Gasteiger partial charge in [-0.05, 0) is 43.7 Å². The molecule has 4 rings (SSSR count). The minimum atomic E-state index is -1.04. The van der Waals surface area contributed by atoms with Crippen LogP contribution in [0.4, 0.5) is 17.1 Å². The first-order chi connectivity index (χ1) is 13.6. The molecule has 2 aliphatic heterocycles. The monoisotopic (exact) mass is 397 g/mol. The van der Waals surface area contributed by atoms with Crippen molar-refractivity contribution in [1.82, 2.24) is 0 Å². The molecule has 9 nitrogen and oxygen atoms in total. The molecule has 0 amide bonds. The Morgan fingerprint density at radius 1 is 1.10 bits per heavy atom. The summed E-state index contributed by atoms with van der Waals surface area (Å²) in [5.41, 5.74) is 0.0394. The number of nitro benzene ring substituents is 2. The van der Waals surface area contributed by atoms with Gasteiger partial charge in [0.15, 0.2) is 11.5 Å². The van der Waals surface area contributed by atoms with E-state index in [1.165, 1.54) is 25.3 Å². The molecule has 0 aromatic heterocycles. The average Bonchev–Trinajstić information content (AvgIpc) is 2.85. The summed E-state index contributed by atoms with van der Waals surface area (Å²) < 4.78 is 11.8. The lowest BCUT2D eigenvalue weighted by atomic mass is 9.76. The zero-order valence-electron chi connectivity index (χ0n) is 16.3. The van der Waals surface area contributed by atoms with Gasteiger partial charge in [-0.25, -0.2) is 0 Å². The van der Waals surface area contributed by atoms with E-state index in [-0.39, 0.29) is 17.1 Å². The standard InChI is InChI=1S/C20H19N3O6/c1-19(2)14-11-12(22(24)25)5-6-16(14)21(3)20(19)10-9-13-15(23(26)27)7-8-17(28-4)18(13)29-20/h5-11H,1-4H3. The van der Waals surface area contributed by atoms with Gasteiger partial charge in [-0.1, -0.05) is 0 Å². The van der Waals surface area contributed by atoms with Crippen LogP contribution in [-0.4, -0.2) is 29.7 Å². The number of nitro groups is 2. The van der Waals surface area contributed by atoms with Gasteiger partial charge >= 0.3 is 0 Å². The van der Waals surface area contributed by atoms with Gasteiger partial charge in [0.1, 0.15) is 0 Å². The molecule has 9 heteroatoms. The molecule has 2 aliphatic rings. The molecule has 0 saturated heterocycles. The van der Waals surface area contributed by atoms with E-state index in [9.17, 15) is 20.2 Å². The van der Waals surface area contributed by atoms with Crippen LogP contribution >= 0.6 is 0 Å². The van der Waals surface area contributed by atoms with Crippen molar-refractivity contribution in [3.63, 3.8) is 0 Å². The summed E-state index contributed by atoms with van der Waals surface area (Å²) >= 11 is 0. The van der Waals surface area contributed by atoms with Crippen LogP contribution in [-0.2, 0) is 5.41 Å². The number of anilines is 1. The molecule has 150 valence electrons. The third-order valence-corrected chi connectivity index (χ3v) is 5.91. The van der Waals surface area contributed by atoms with E-state index in [4.69, 9.17) is 9.47 Å². The summed E-state index contributed by atoms with van der Waals surface area (Å²) in [6.45, 7) is 3.86. The van der Waals surface area contributed by atoms with Gasteiger partial charge < -0.3 is 14.4 Å². The first-order valence-corrected chi connectivity index (χ1v) is 8.90. The van der Waals surface area contributed by atoms with Crippen molar-refractivity contribution >= 4 is 23.1 Å². The smallest absolute Gasteiger partial charge is 0.280 e. The predicted octanol–water partition coefficient (Wildman–Crippen LogP) is 4.04. The molecule has 1 atom stereocenters. The third kappa shape index (κ3) is 2.33. The molecule has 1 unspecified atom stereocenters. The maximum atomic E-state index is 11.5. The number of methoxy groups -OCH3 is 1. The highest BCUT2D eigenvalue weighted by Crippen LogP contribution is 2.56. The Morgan fingerprint density at radius 2 is 1.83 bits per heavy atom. The fourth-order valence-electron chi connectivity index (χ4n) is 4.28. The Morgan fingerprint density at radius 3 is 2.45 bits per heavy atom. The Balaban J connectivity index is 1.92. The number of hydrogen-bond donors (Lipinski definition) is 0. The average molecular weight is 397 g/mol. The van der Waals surface area contributed by atoms with Crippen LogP contribution in [0, 0.1) is 20.2 Å². The quantitative estimate of drug-likeness (QED) is 0.568. The fraction of sp³-hybridized carbons (Fsp3) is 0.300. The lowest BCUT2D eigenvalue weighted by Gasteiger charge is -2.45. The normalized spacial score (nSPS) is 20.8. The second-order valence-corrected chi connectivity index (χ2v) is 7.56. The number of non-ortho nitro benzene ring substituents is 1. The van der Waals surface area contributed by atoms with Crippen LogP contribution in [0.5, 0.6) is 11.5 Å². The molecule has 2 aromatic rings. The van der Waals surface area contributed by atoms with Crippen molar-refractivity contribution in [3.05, 3.63) is 67.8 Å². The largest absolute Gasteiger partial charge is 0.493 e. The number of rotatable bonds is 3. The summed E-state index contributed by atoms with van der Waals surface area (Å²) in [6, 6.07) is 7.59. The zero-order valence-corrected chi connectivity index (χ0v) is 16.3. The van der Waals surface area contributed by atoms with Crippen LogP contribution in [0.25, 0.3) is 6.08 Å². The minimum Gasteiger partial charge on any atom is -0.493 e. The third-order valence-electron chi connectivity index (χ3n) is 5.91. The van der Waals surface area contributed by atoms with E-state index in [2.05, 4.69) is 0 Å². The van der Waals surface area contributed by atoms with Crippen molar-refractivity contribution < 1.29 is 19.3 Å². The van der Waals surface area contributed by atoms with Crippen molar-refractivity contribution in [1.29, 1.82) is 0 Å². The van der Waals surface area contributed by atoms with Gasteiger partial charge in [-0.15, -0.1) is 0 Å². The highest BCUT2D eigenvalue weighted by atomic mass is 16.6. The van der Waals surface area contributed by atoms with Gasteiger partial charge in [0, 0.05) is 30.9 Å². The molecule has 0 radical (unpaired) electrons. The van der Waals surface area contributed by atoms with Crippen molar-refractivity contribution in [3.8, 4) is 11.5 Å². The number of benzene rings is 2. The Hall–Kier alpha value is -3.62. The lowest BCUT2D eigenvalue weighted by Crippen LogP contribution is -2.58. The molecule has 0 fully saturated rings. The highest BCUT2D eigenvalue weighted by molar-refractivity contribution is 5.78. The predicted molar refractivity (Wildman–Crippen MR) is 107 cm³/mol. The van der Waals surface area contributed by atoms with Crippen LogP contribution in [0.2, 0.25) is 0 Å². The van der Waals surface area contributed by atoms with Crippen molar-refractivity contribution in [2.75, 3.05) is 19.1 Å². The van der Waals surface area contributed by atoms with E-state index >= 15 is 0 Å². The molecule has 1 spiro atoms. The van der Waals surface area contributed by atoms with E-state index in [0.717, 1.165) is 11.3 Å². The fourth-order valence-corrected chi connectivity index (χ4v) is 4.28. The second kappa shape index (κ2) is 5.94. The first-order valence-electron chi connectivity index (χ1n) is 8.90. The maximum absolute atomic E-state index is 11.5. The number of hydrogen-bond acceptors (Lipinski definition) is 7. The minimum absolute atomic E-state index is 0.00400. The van der Waals surface area contributed by atoms with Crippen LogP contribution < -0.4 is 14.4 Å². The molecule has 0 aliphatic carbocycles. The van der Waals surface area contributed by atoms with Gasteiger partial charge in [-0.3, -0.25) is 20.2 Å². The van der Waals surface area contributed by atoms with E-state index in [1.54, 1.807) is 24.3 Å². The van der Waals surface area contributed by atoms with Crippen molar-refractivity contribution in [2.24, 2.45) is 0 Å². The summed E-state index contributed by atoms with van der Waals surface area (Å²) in [5.74, 6) is 0.645. The molecule has 0 saturated carbocycles. The number of ether oxygens (including phenoxy) is 2. The number of likely N-dealkylation sites (N-methyl/N-ethyl adjacent to an activating group) is 1. The Bertz CT molecular complexity index is 1090. The summed E-state index contributed by atoms with van der Waals surface area (Å²) in [7, 11) is 3.30. The second-order valence-electron chi connectivity index (χ2n) is 7.56. The first kappa shape index (κ1) is 18.7. The summed E-state index contributed by atoms with van der Waals surface area (Å²) in [5, 5.41) is 22.7. The molecule has 0 N–H and O–H groups in total. The Labute approximate surface area is 166 Å². The molecule has 29 heavy (non-hydrogen) atoms. The molecule has 2 heterocycles. The summed E-state index contributed by atoms with van der Waals surface area (Å²) in [6.07, 6.45) is 3.44. The topological polar surface area (TPSA) is 108 Å². The molecular weight excluding hydrogens is 378 g/mol. The van der Waals surface area contributed by atoms with Gasteiger partial charge in [0.05, 0.1) is 27.9 Å². The molecule has 2 aromatic carbocycles. The van der Waals surface area contributed by atoms with Crippen molar-refractivity contribution in [2.45, 2.75) is 25.0 Å². The SMILES string of the molecule is COc1ccc([N+](=O)[O-])c2c1OC1(C=C2)N(C)c2ccc([N+](=O)[O-])cc2C1(C)C. The zero-order chi connectivity index (χ0) is 21.1. The van der Waals surface area contributed by atoms with E-state index < -0.39 is 21.0 Å². The number of nitrogens with zero attached hydrogens (tertiary/aromatic N) is 3. The highest BCUT2D eigenvalue weighted by Gasteiger charge is 2.58. The summed E-state index contributed by atoms with van der Waals surface area (Å²) in [4.78, 5) is 23.7. The van der Waals surface area contributed by atoms with Gasteiger partial charge in [-0.2, -0.15) is 0 Å². The molecular formula is C20H19N3O6. The Kier molecular flexibility index (Phi) is 3.83. The van der Waals surface area contributed by atoms with E-state index in [1.807, 2.05) is 25.8 Å². The van der Waals surface area contributed by atoms with Crippen LogP contribution in [0.1, 0.15) is 25.0 Å². The van der Waals surface area contributed by atoms with Crippen LogP contribution in [0.15, 0.2) is 36.4 Å². The van der Waals surface area contributed by atoms with E-state index in [0.29, 0.717) is 11.3 Å². The van der Waals surface area contributed by atoms with Gasteiger partial charge in [0.25, 0.3) is 11.4 Å².